The third kappa shape index (κ3) is 2.90. The van der Waals surface area contributed by atoms with E-state index in [0.29, 0.717) is 11.4 Å². The first-order valence-corrected chi connectivity index (χ1v) is 5.69. The summed E-state index contributed by atoms with van der Waals surface area (Å²) in [5.41, 5.74) is 1.17. The van der Waals surface area contributed by atoms with Crippen molar-refractivity contribution in [1.82, 2.24) is 14.7 Å². The predicted molar refractivity (Wildman–Crippen MR) is 68.0 cm³/mol. The summed E-state index contributed by atoms with van der Waals surface area (Å²) in [5, 5.41) is 4.19. The summed E-state index contributed by atoms with van der Waals surface area (Å²) in [4.78, 5) is 12.9. The van der Waals surface area contributed by atoms with E-state index in [1.165, 1.54) is 21.7 Å². The average Bonchev–Trinajstić information content (AvgIpc) is 2.70. The van der Waals surface area contributed by atoms with E-state index in [1.807, 2.05) is 0 Å². The lowest BCUT2D eigenvalue weighted by atomic mass is 10.3. The second-order valence-corrected chi connectivity index (χ2v) is 4.28. The first-order chi connectivity index (χ1) is 8.97. The van der Waals surface area contributed by atoms with Crippen molar-refractivity contribution in [3.05, 3.63) is 41.8 Å². The van der Waals surface area contributed by atoms with Crippen molar-refractivity contribution >= 4 is 6.09 Å². The standard InChI is InChI=1S/C13H14FN3O2/c1-9-7-12(19-13(18)16(2)3)17(15-9)11-6-4-5-10(14)8-11/h4-8H,1-3H3. The number of aryl methyl sites for hydroxylation is 1. The molecule has 2 aromatic rings. The smallest absolute Gasteiger partial charge is 0.391 e. The lowest BCUT2D eigenvalue weighted by molar-refractivity contribution is 0.168. The van der Waals surface area contributed by atoms with Crippen LogP contribution in [0.3, 0.4) is 0 Å². The first-order valence-electron chi connectivity index (χ1n) is 5.69. The largest absolute Gasteiger partial charge is 0.416 e. The number of benzene rings is 1. The number of hydrogen-bond donors (Lipinski definition) is 0. The molecule has 2 rings (SSSR count). The van der Waals surface area contributed by atoms with E-state index >= 15 is 0 Å². The Labute approximate surface area is 110 Å². The number of nitrogens with zero attached hydrogens (tertiary/aromatic N) is 3. The molecule has 0 radical (unpaired) electrons. The Kier molecular flexibility index (Phi) is 3.50. The van der Waals surface area contributed by atoms with Gasteiger partial charge in [-0.3, -0.25) is 0 Å². The molecule has 0 spiro atoms. The van der Waals surface area contributed by atoms with E-state index in [4.69, 9.17) is 4.74 Å². The van der Waals surface area contributed by atoms with Crippen molar-refractivity contribution in [2.45, 2.75) is 6.92 Å². The minimum Gasteiger partial charge on any atom is -0.391 e. The third-order valence-corrected chi connectivity index (χ3v) is 2.41. The summed E-state index contributed by atoms with van der Waals surface area (Å²) in [7, 11) is 3.16. The van der Waals surface area contributed by atoms with E-state index < -0.39 is 6.09 Å². The molecular formula is C13H14FN3O2. The summed E-state index contributed by atoms with van der Waals surface area (Å²) < 4.78 is 19.8. The molecule has 1 aromatic heterocycles. The van der Waals surface area contributed by atoms with Gasteiger partial charge in [-0.25, -0.2) is 13.9 Å². The van der Waals surface area contributed by atoms with Gasteiger partial charge in [-0.2, -0.15) is 5.10 Å². The number of carbonyl (C=O) groups is 1. The quantitative estimate of drug-likeness (QED) is 0.835. The monoisotopic (exact) mass is 263 g/mol. The van der Waals surface area contributed by atoms with E-state index in [1.54, 1.807) is 39.2 Å². The Balaban J connectivity index is 2.38. The maximum Gasteiger partial charge on any atom is 0.416 e. The average molecular weight is 263 g/mol. The highest BCUT2D eigenvalue weighted by Crippen LogP contribution is 2.20. The molecule has 1 heterocycles. The number of ether oxygens (including phenoxy) is 1. The fraction of sp³-hybridized carbons (Fsp3) is 0.231. The summed E-state index contributed by atoms with van der Waals surface area (Å²) >= 11 is 0. The molecule has 5 nitrogen and oxygen atoms in total. The van der Waals surface area contributed by atoms with E-state index in [9.17, 15) is 9.18 Å². The van der Waals surface area contributed by atoms with Crippen molar-refractivity contribution in [3.8, 4) is 11.6 Å². The van der Waals surface area contributed by atoms with Gasteiger partial charge in [-0.15, -0.1) is 0 Å². The molecule has 1 aromatic carbocycles. The van der Waals surface area contributed by atoms with Gasteiger partial charge in [0.25, 0.3) is 0 Å². The number of rotatable bonds is 2. The van der Waals surface area contributed by atoms with Gasteiger partial charge >= 0.3 is 6.09 Å². The highest BCUT2D eigenvalue weighted by Gasteiger charge is 2.14. The van der Waals surface area contributed by atoms with Crippen LogP contribution >= 0.6 is 0 Å². The molecule has 0 aliphatic rings. The van der Waals surface area contributed by atoms with Gasteiger partial charge in [0, 0.05) is 20.2 Å². The van der Waals surface area contributed by atoms with Crippen LogP contribution in [0.4, 0.5) is 9.18 Å². The normalized spacial score (nSPS) is 10.3. The molecule has 0 aliphatic heterocycles. The zero-order valence-electron chi connectivity index (χ0n) is 10.9. The van der Waals surface area contributed by atoms with Crippen LogP contribution in [0, 0.1) is 12.7 Å². The number of halogens is 1. The maximum atomic E-state index is 13.2. The number of carbonyl (C=O) groups excluding carboxylic acids is 1. The van der Waals surface area contributed by atoms with Crippen LogP contribution in [-0.2, 0) is 0 Å². The molecule has 0 unspecified atom stereocenters. The van der Waals surface area contributed by atoms with Crippen LogP contribution in [0.25, 0.3) is 5.69 Å². The number of amides is 1. The van der Waals surface area contributed by atoms with Gasteiger partial charge < -0.3 is 9.64 Å². The van der Waals surface area contributed by atoms with Crippen molar-refractivity contribution in [1.29, 1.82) is 0 Å². The minimum atomic E-state index is -0.516. The maximum absolute atomic E-state index is 13.2. The van der Waals surface area contributed by atoms with E-state index in [-0.39, 0.29) is 11.7 Å². The SMILES string of the molecule is Cc1cc(OC(=O)N(C)C)n(-c2cccc(F)c2)n1. The van der Waals surface area contributed by atoms with Crippen LogP contribution in [0.15, 0.2) is 30.3 Å². The minimum absolute atomic E-state index is 0.252. The van der Waals surface area contributed by atoms with E-state index in [2.05, 4.69) is 5.10 Å². The molecule has 0 saturated heterocycles. The second kappa shape index (κ2) is 5.09. The van der Waals surface area contributed by atoms with Crippen LogP contribution in [0.1, 0.15) is 5.69 Å². The Morgan fingerprint density at radius 1 is 1.37 bits per heavy atom. The summed E-state index contributed by atoms with van der Waals surface area (Å²) in [6.45, 7) is 1.77. The molecule has 0 N–H and O–H groups in total. The highest BCUT2D eigenvalue weighted by atomic mass is 19.1. The molecule has 0 saturated carbocycles. The van der Waals surface area contributed by atoms with Crippen LogP contribution in [0.5, 0.6) is 5.88 Å². The zero-order valence-corrected chi connectivity index (χ0v) is 10.9. The Bertz CT molecular complexity index is 608. The molecule has 0 atom stereocenters. The number of aromatic nitrogens is 2. The highest BCUT2D eigenvalue weighted by molar-refractivity contribution is 5.69. The summed E-state index contributed by atoms with van der Waals surface area (Å²) in [6, 6.07) is 7.53. The Morgan fingerprint density at radius 2 is 2.11 bits per heavy atom. The third-order valence-electron chi connectivity index (χ3n) is 2.41. The van der Waals surface area contributed by atoms with Gasteiger partial charge in [0.05, 0.1) is 11.4 Å². The molecule has 0 fully saturated rings. The molecule has 0 bridgehead atoms. The van der Waals surface area contributed by atoms with Crippen LogP contribution in [-0.4, -0.2) is 34.9 Å². The fourth-order valence-electron chi connectivity index (χ4n) is 1.52. The van der Waals surface area contributed by atoms with Crippen LogP contribution in [0.2, 0.25) is 0 Å². The van der Waals surface area contributed by atoms with Gasteiger partial charge in [0.2, 0.25) is 5.88 Å². The lowest BCUT2D eigenvalue weighted by Crippen LogP contribution is -2.26. The Morgan fingerprint density at radius 3 is 2.74 bits per heavy atom. The van der Waals surface area contributed by atoms with Crippen LogP contribution < -0.4 is 4.74 Å². The molecule has 6 heteroatoms. The predicted octanol–water partition coefficient (Wildman–Crippen LogP) is 2.38. The molecule has 1 amide bonds. The van der Waals surface area contributed by atoms with E-state index in [0.717, 1.165) is 0 Å². The molecule has 0 aliphatic carbocycles. The Hall–Kier alpha value is -2.37. The summed E-state index contributed by atoms with van der Waals surface area (Å²) in [6.07, 6.45) is -0.516. The van der Waals surface area contributed by atoms with Gasteiger partial charge in [-0.1, -0.05) is 6.07 Å². The fourth-order valence-corrected chi connectivity index (χ4v) is 1.52. The lowest BCUT2D eigenvalue weighted by Gasteiger charge is -2.11. The molecule has 19 heavy (non-hydrogen) atoms. The first kappa shape index (κ1) is 13.1. The second-order valence-electron chi connectivity index (χ2n) is 4.28. The van der Waals surface area contributed by atoms with Gasteiger partial charge in [0.1, 0.15) is 5.82 Å². The summed E-state index contributed by atoms with van der Waals surface area (Å²) in [5.74, 6) is -0.127. The van der Waals surface area contributed by atoms with Crippen molar-refractivity contribution in [3.63, 3.8) is 0 Å². The molecule has 100 valence electrons. The topological polar surface area (TPSA) is 47.4 Å². The van der Waals surface area contributed by atoms with Gasteiger partial charge in [0.15, 0.2) is 0 Å². The van der Waals surface area contributed by atoms with Crippen molar-refractivity contribution in [2.24, 2.45) is 0 Å². The zero-order chi connectivity index (χ0) is 14.0. The molecular weight excluding hydrogens is 249 g/mol. The number of hydrogen-bond acceptors (Lipinski definition) is 3. The van der Waals surface area contributed by atoms with Gasteiger partial charge in [-0.05, 0) is 25.1 Å². The van der Waals surface area contributed by atoms with Crippen molar-refractivity contribution in [2.75, 3.05) is 14.1 Å². The van der Waals surface area contributed by atoms with Crippen molar-refractivity contribution < 1.29 is 13.9 Å².